The molecule has 2 atom stereocenters. The molecule has 16 nitrogen and oxygen atoms in total. The molecule has 2 aromatic carbocycles. The van der Waals surface area contributed by atoms with Gasteiger partial charge in [-0.3, -0.25) is 23.7 Å². The number of aliphatic hydroxyl groups excluding tert-OH is 4. The summed E-state index contributed by atoms with van der Waals surface area (Å²) >= 11 is 0. The van der Waals surface area contributed by atoms with Crippen molar-refractivity contribution in [2.75, 3.05) is 59.3 Å². The second kappa shape index (κ2) is 23.8. The van der Waals surface area contributed by atoms with Crippen molar-refractivity contribution in [1.29, 1.82) is 0 Å². The Bertz CT molecular complexity index is 1520. The van der Waals surface area contributed by atoms with Gasteiger partial charge >= 0.3 is 15.2 Å². The Morgan fingerprint density at radius 3 is 2.00 bits per heavy atom. The summed E-state index contributed by atoms with van der Waals surface area (Å²) in [7, 11) is -8.23. The second-order valence-corrected chi connectivity index (χ2v) is 16.6. The molecule has 0 radical (unpaired) electrons. The first-order chi connectivity index (χ1) is 25.6. The predicted octanol–water partition coefficient (Wildman–Crippen LogP) is 2.62. The number of carbonyl (C=O) groups is 1. The molecule has 308 valence electrons. The molecule has 0 aliphatic carbocycles. The molecule has 18 heteroatoms. The Morgan fingerprint density at radius 1 is 0.796 bits per heavy atom. The van der Waals surface area contributed by atoms with Gasteiger partial charge in [-0.05, 0) is 43.4 Å². The summed E-state index contributed by atoms with van der Waals surface area (Å²) in [6.45, 7) is 2.02. The number of aliphatic hydroxyl groups is 4. The maximum absolute atomic E-state index is 12.8. The number of benzene rings is 2. The van der Waals surface area contributed by atoms with E-state index in [-0.39, 0.29) is 63.7 Å². The van der Waals surface area contributed by atoms with Crippen molar-refractivity contribution in [1.82, 2.24) is 9.80 Å². The summed E-state index contributed by atoms with van der Waals surface area (Å²) in [5.74, 6) is 0.265. The van der Waals surface area contributed by atoms with Gasteiger partial charge in [0.2, 0.25) is 0 Å². The Labute approximate surface area is 318 Å². The van der Waals surface area contributed by atoms with Gasteiger partial charge in [-0.25, -0.2) is 0 Å². The molecular weight excluding hydrogens is 746 g/mol. The minimum Gasteiger partial charge on any atom is -0.493 e. The van der Waals surface area contributed by atoms with E-state index in [4.69, 9.17) is 14.2 Å². The van der Waals surface area contributed by atoms with Crippen molar-refractivity contribution in [3.8, 4) is 5.75 Å². The molecule has 2 aromatic rings. The predicted molar refractivity (Wildman–Crippen MR) is 202 cm³/mol. The van der Waals surface area contributed by atoms with E-state index >= 15 is 0 Å². The van der Waals surface area contributed by atoms with Gasteiger partial charge in [0.1, 0.15) is 24.1 Å². The zero-order valence-corrected chi connectivity index (χ0v) is 33.4. The highest BCUT2D eigenvalue weighted by Gasteiger charge is 2.48. The third-order valence-corrected chi connectivity index (χ3v) is 10.9. The number of carbonyl (C=O) groups excluding carboxylic acids is 1. The topological polar surface area (TPSA) is 247 Å². The van der Waals surface area contributed by atoms with Crippen LogP contribution in [0.25, 0.3) is 0 Å². The van der Waals surface area contributed by atoms with Crippen molar-refractivity contribution in [3.05, 3.63) is 64.2 Å². The maximum Gasteiger partial charge on any atom is 0.339 e. The first-order valence-electron chi connectivity index (χ1n) is 18.0. The maximum atomic E-state index is 12.8. The monoisotopic (exact) mass is 806 g/mol. The number of methoxy groups -OCH3 is 1. The van der Waals surface area contributed by atoms with Crippen LogP contribution in [0.3, 0.4) is 0 Å². The highest BCUT2D eigenvalue weighted by atomic mass is 31.2. The fourth-order valence-electron chi connectivity index (χ4n) is 6.72. The molecule has 0 fully saturated rings. The third kappa shape index (κ3) is 15.4. The Hall–Kier alpha value is -2.11. The molecule has 54 heavy (non-hydrogen) atoms. The second-order valence-electron chi connectivity index (χ2n) is 13.3. The van der Waals surface area contributed by atoms with E-state index in [1.165, 1.54) is 9.80 Å². The van der Waals surface area contributed by atoms with Crippen molar-refractivity contribution in [2.45, 2.75) is 90.3 Å². The number of unbranched alkanes of at least 4 members (excludes halogenated alkanes) is 2. The lowest BCUT2D eigenvalue weighted by Gasteiger charge is -2.51. The van der Waals surface area contributed by atoms with Gasteiger partial charge in [0.25, 0.3) is 0 Å². The van der Waals surface area contributed by atoms with E-state index in [1.54, 1.807) is 57.4 Å². The van der Waals surface area contributed by atoms with Gasteiger partial charge in [-0.1, -0.05) is 49.2 Å². The molecule has 0 aliphatic heterocycles. The summed E-state index contributed by atoms with van der Waals surface area (Å²) < 4.78 is 41.7. The fraction of sp³-hybridized carbons (Fsp3) is 0.639. The van der Waals surface area contributed by atoms with Crippen LogP contribution < -0.4 is 4.74 Å². The Kier molecular flexibility index (Phi) is 21.2. The smallest absolute Gasteiger partial charge is 0.339 e. The van der Waals surface area contributed by atoms with Crippen LogP contribution in [0, 0.1) is 6.92 Å². The number of ketones is 1. The summed E-state index contributed by atoms with van der Waals surface area (Å²) in [5.41, 5.74) is 0.881. The van der Waals surface area contributed by atoms with E-state index in [2.05, 4.69) is 0 Å². The van der Waals surface area contributed by atoms with Crippen LogP contribution in [-0.4, -0.2) is 126 Å². The lowest BCUT2D eigenvalue weighted by Crippen LogP contribution is -2.65. The molecule has 0 heterocycles. The van der Waals surface area contributed by atoms with Gasteiger partial charge in [0.05, 0.1) is 64.4 Å². The van der Waals surface area contributed by atoms with Crippen molar-refractivity contribution >= 4 is 21.0 Å². The molecule has 0 aromatic heterocycles. The number of hydrogen-bond acceptors (Lipinski definition) is 12. The zero-order chi connectivity index (χ0) is 40.4. The average Bonchev–Trinajstić information content (AvgIpc) is 3.11. The summed E-state index contributed by atoms with van der Waals surface area (Å²) in [4.78, 5) is 56.6. The van der Waals surface area contributed by atoms with E-state index in [1.807, 2.05) is 0 Å². The lowest BCUT2D eigenvalue weighted by molar-refractivity contribution is -0.120. The van der Waals surface area contributed by atoms with Gasteiger partial charge in [0.15, 0.2) is 0 Å². The molecular formula is C36H60N2O14P2. The number of nitrogens with zero attached hydrogens (tertiary/aromatic N) is 2. The number of Topliss-reactive ketones (excluding diaryl/α,β-unsaturated/α-hetero) is 1. The molecule has 0 amide bonds. The molecule has 2 unspecified atom stereocenters. The third-order valence-electron chi connectivity index (χ3n) is 9.48. The zero-order valence-electron chi connectivity index (χ0n) is 31.6. The quantitative estimate of drug-likeness (QED) is 0.0435. The van der Waals surface area contributed by atoms with E-state index < -0.39 is 59.2 Å². The van der Waals surface area contributed by atoms with Crippen LogP contribution in [0.4, 0.5) is 0 Å². The normalized spacial score (nSPS) is 14.1. The molecule has 0 aliphatic rings. The van der Waals surface area contributed by atoms with Crippen LogP contribution >= 0.6 is 15.2 Å². The highest BCUT2D eigenvalue weighted by Crippen LogP contribution is 2.44. The minimum atomic E-state index is -4.89. The number of rotatable bonds is 29. The summed E-state index contributed by atoms with van der Waals surface area (Å²) in [5, 5.41) is 42.6. The number of para-hydroxylation sites is 1. The minimum absolute atomic E-state index is 0.00552. The fourth-order valence-corrected chi connectivity index (χ4v) is 8.31. The van der Waals surface area contributed by atoms with Crippen LogP contribution in [-0.2, 0) is 49.7 Å². The Balaban J connectivity index is 2.66. The highest BCUT2D eigenvalue weighted by molar-refractivity contribution is 7.51. The molecule has 8 N–H and O–H groups in total. The molecule has 0 saturated carbocycles. The first-order valence-corrected chi connectivity index (χ1v) is 21.6. The van der Waals surface area contributed by atoms with Gasteiger partial charge in [-0.15, -0.1) is 0 Å². The van der Waals surface area contributed by atoms with Gasteiger partial charge in [0, 0.05) is 44.2 Å². The largest absolute Gasteiger partial charge is 0.493 e. The molecule has 0 spiro atoms. The van der Waals surface area contributed by atoms with Crippen molar-refractivity contribution in [2.24, 2.45) is 0 Å². The molecule has 2 rings (SSSR count). The average molecular weight is 807 g/mol. The van der Waals surface area contributed by atoms with Gasteiger partial charge < -0.3 is 54.2 Å². The van der Waals surface area contributed by atoms with Crippen LogP contribution in [0.5, 0.6) is 5.75 Å². The first kappa shape index (κ1) is 48.0. The Morgan fingerprint density at radius 2 is 1.43 bits per heavy atom. The number of ether oxygens (including phenoxy) is 3. The van der Waals surface area contributed by atoms with Crippen molar-refractivity contribution in [3.63, 3.8) is 0 Å². The lowest BCUT2D eigenvalue weighted by atomic mass is 9.82. The van der Waals surface area contributed by atoms with E-state index in [0.29, 0.717) is 60.3 Å². The van der Waals surface area contributed by atoms with Crippen LogP contribution in [0.2, 0.25) is 0 Å². The van der Waals surface area contributed by atoms with Gasteiger partial charge in [-0.2, -0.15) is 0 Å². The SMILES string of the molecule is CCOc1c(CO)cccc1CN(CP(=O)(O)O)C(CO)C(CO)(CCCCCC(=O)CCOCCOC)N(Cc1cccc(CO)c1C)CP(=O)(O)O. The van der Waals surface area contributed by atoms with Crippen LogP contribution in [0.15, 0.2) is 36.4 Å². The number of hydrogen-bond donors (Lipinski definition) is 8. The van der Waals surface area contributed by atoms with E-state index in [9.17, 15) is 53.9 Å². The van der Waals surface area contributed by atoms with Crippen molar-refractivity contribution < 1.29 is 68.1 Å². The molecule has 0 bridgehead atoms. The summed E-state index contributed by atoms with van der Waals surface area (Å²) in [6.07, 6.45) is -0.127. The molecule has 0 saturated heterocycles. The van der Waals surface area contributed by atoms with E-state index in [0.717, 1.165) is 0 Å². The standard InChI is InChI=1S/C36H60N2O14P2/c1-4-52-35-30(11-9-13-32(35)23-40)20-37(26-53(44,45)46)34(24-41)36(25-42,16-7-5-6-14-33(43)15-17-51-19-18-50-3)38(27-54(47,48)49)21-29-10-8-12-31(22-39)28(29)2/h8-13,34,39-42H,4-7,14-27H2,1-3H3,(H2,44,45,46)(H2,47,48,49). The van der Waals surface area contributed by atoms with Crippen LogP contribution in [0.1, 0.15) is 73.3 Å². The summed E-state index contributed by atoms with van der Waals surface area (Å²) in [6, 6.07) is 8.67.